The second kappa shape index (κ2) is 4.71. The summed E-state index contributed by atoms with van der Waals surface area (Å²) in [4.78, 5) is 21.7. The highest BCUT2D eigenvalue weighted by molar-refractivity contribution is 6.32. The number of nitro groups is 1. The smallest absolute Gasteiger partial charge is 0.338 e. The molecular formula is C11H12ClNO4. The lowest BCUT2D eigenvalue weighted by Crippen LogP contribution is -2.23. The number of nitro benzene ring substituents is 1. The van der Waals surface area contributed by atoms with Crippen molar-refractivity contribution in [3.8, 4) is 0 Å². The first-order chi connectivity index (χ1) is 7.70. The number of hydrogen-bond acceptors (Lipinski definition) is 4. The van der Waals surface area contributed by atoms with E-state index in [2.05, 4.69) is 0 Å². The summed E-state index contributed by atoms with van der Waals surface area (Å²) in [6.07, 6.45) is 0. The number of halogens is 1. The zero-order chi connectivity index (χ0) is 13.2. The number of hydrogen-bond donors (Lipinski definition) is 0. The molecule has 0 aromatic heterocycles. The first-order valence-corrected chi connectivity index (χ1v) is 5.26. The summed E-state index contributed by atoms with van der Waals surface area (Å²) in [5.74, 6) is -0.614. The monoisotopic (exact) mass is 257 g/mol. The van der Waals surface area contributed by atoms with Crippen LogP contribution in [0.25, 0.3) is 0 Å². The van der Waals surface area contributed by atoms with E-state index < -0.39 is 16.5 Å². The Kier molecular flexibility index (Phi) is 3.72. The summed E-state index contributed by atoms with van der Waals surface area (Å²) in [7, 11) is 0. The van der Waals surface area contributed by atoms with E-state index in [-0.39, 0.29) is 16.3 Å². The van der Waals surface area contributed by atoms with E-state index in [9.17, 15) is 14.9 Å². The number of rotatable bonds is 2. The van der Waals surface area contributed by atoms with Gasteiger partial charge in [0.1, 0.15) is 10.6 Å². The molecule has 0 amide bonds. The summed E-state index contributed by atoms with van der Waals surface area (Å²) in [5.41, 5.74) is -0.850. The van der Waals surface area contributed by atoms with Gasteiger partial charge in [0.25, 0.3) is 5.69 Å². The number of nitrogens with zero attached hydrogens (tertiary/aromatic N) is 1. The number of esters is 1. The van der Waals surface area contributed by atoms with E-state index in [1.165, 1.54) is 12.1 Å². The number of benzene rings is 1. The molecule has 0 bridgehead atoms. The maximum absolute atomic E-state index is 11.7. The molecule has 1 aromatic carbocycles. The lowest BCUT2D eigenvalue weighted by atomic mass is 10.1. The van der Waals surface area contributed by atoms with Crippen molar-refractivity contribution in [1.29, 1.82) is 0 Å². The average molecular weight is 258 g/mol. The molecular weight excluding hydrogens is 246 g/mol. The van der Waals surface area contributed by atoms with E-state index >= 15 is 0 Å². The van der Waals surface area contributed by atoms with Gasteiger partial charge in [0.2, 0.25) is 0 Å². The molecule has 5 nitrogen and oxygen atoms in total. The minimum atomic E-state index is -0.647. The van der Waals surface area contributed by atoms with Crippen LogP contribution in [0.5, 0.6) is 0 Å². The second-order valence-electron chi connectivity index (χ2n) is 4.43. The lowest BCUT2D eigenvalue weighted by Gasteiger charge is -2.19. The number of carbonyl (C=O) groups excluding carboxylic acids is 1. The van der Waals surface area contributed by atoms with Gasteiger partial charge in [0.05, 0.1) is 10.5 Å². The third kappa shape index (κ3) is 3.71. The van der Waals surface area contributed by atoms with Gasteiger partial charge >= 0.3 is 5.97 Å². The fraction of sp³-hybridized carbons (Fsp3) is 0.364. The van der Waals surface area contributed by atoms with Crippen LogP contribution in [0.1, 0.15) is 31.1 Å². The Morgan fingerprint density at radius 3 is 2.47 bits per heavy atom. The summed E-state index contributed by atoms with van der Waals surface area (Å²) < 4.78 is 5.09. The zero-order valence-electron chi connectivity index (χ0n) is 9.69. The van der Waals surface area contributed by atoms with Gasteiger partial charge in [0, 0.05) is 6.07 Å². The average Bonchev–Trinajstić information content (AvgIpc) is 2.14. The van der Waals surface area contributed by atoms with Crippen molar-refractivity contribution in [3.05, 3.63) is 38.9 Å². The van der Waals surface area contributed by atoms with Crippen molar-refractivity contribution < 1.29 is 14.5 Å². The highest BCUT2D eigenvalue weighted by Gasteiger charge is 2.21. The fourth-order valence-electron chi connectivity index (χ4n) is 1.12. The molecule has 0 N–H and O–H groups in total. The second-order valence-corrected chi connectivity index (χ2v) is 4.83. The van der Waals surface area contributed by atoms with Crippen LogP contribution in [0.3, 0.4) is 0 Å². The SMILES string of the molecule is CC(C)(C)OC(=O)c1ccc(Cl)c([N+](=O)[O-])c1. The van der Waals surface area contributed by atoms with Crippen LogP contribution in [0.15, 0.2) is 18.2 Å². The minimum Gasteiger partial charge on any atom is -0.456 e. The summed E-state index contributed by atoms with van der Waals surface area (Å²) >= 11 is 5.64. The van der Waals surface area contributed by atoms with Crippen molar-refractivity contribution in [2.75, 3.05) is 0 Å². The molecule has 0 saturated heterocycles. The summed E-state index contributed by atoms with van der Waals surface area (Å²) in [6, 6.07) is 3.80. The van der Waals surface area contributed by atoms with Crippen molar-refractivity contribution in [2.45, 2.75) is 26.4 Å². The Hall–Kier alpha value is -1.62. The summed E-state index contributed by atoms with van der Waals surface area (Å²) in [5, 5.41) is 10.6. The first kappa shape index (κ1) is 13.4. The minimum absolute atomic E-state index is 0.0118. The van der Waals surface area contributed by atoms with Gasteiger partial charge in [-0.1, -0.05) is 11.6 Å². The van der Waals surface area contributed by atoms with E-state index in [4.69, 9.17) is 16.3 Å². The lowest BCUT2D eigenvalue weighted by molar-refractivity contribution is -0.384. The molecule has 0 aliphatic carbocycles. The van der Waals surface area contributed by atoms with Crippen LogP contribution in [0.4, 0.5) is 5.69 Å². The van der Waals surface area contributed by atoms with Gasteiger partial charge in [-0.15, -0.1) is 0 Å². The molecule has 17 heavy (non-hydrogen) atoms. The van der Waals surface area contributed by atoms with Gasteiger partial charge in [-0.25, -0.2) is 4.79 Å². The molecule has 0 unspecified atom stereocenters. The molecule has 0 saturated carbocycles. The predicted octanol–water partition coefficient (Wildman–Crippen LogP) is 3.20. The van der Waals surface area contributed by atoms with E-state index in [0.717, 1.165) is 6.07 Å². The molecule has 92 valence electrons. The van der Waals surface area contributed by atoms with Crippen LogP contribution in [-0.2, 0) is 4.74 Å². The largest absolute Gasteiger partial charge is 0.456 e. The third-order valence-corrected chi connectivity index (χ3v) is 2.10. The Balaban J connectivity index is 3.04. The fourth-order valence-corrected chi connectivity index (χ4v) is 1.30. The first-order valence-electron chi connectivity index (χ1n) is 4.88. The molecule has 0 radical (unpaired) electrons. The Labute approximate surface area is 103 Å². The standard InChI is InChI=1S/C11H12ClNO4/c1-11(2,3)17-10(14)7-4-5-8(12)9(6-7)13(15)16/h4-6H,1-3H3. The Morgan fingerprint density at radius 1 is 1.41 bits per heavy atom. The predicted molar refractivity (Wildman–Crippen MR) is 63.3 cm³/mol. The van der Waals surface area contributed by atoms with Crippen molar-refractivity contribution in [2.24, 2.45) is 0 Å². The molecule has 0 spiro atoms. The molecule has 6 heteroatoms. The number of ether oxygens (including phenoxy) is 1. The van der Waals surface area contributed by atoms with Crippen LogP contribution >= 0.6 is 11.6 Å². The number of carbonyl (C=O) groups is 1. The molecule has 0 aliphatic rings. The quantitative estimate of drug-likeness (QED) is 0.463. The van der Waals surface area contributed by atoms with Gasteiger partial charge in [0.15, 0.2) is 0 Å². The molecule has 1 rings (SSSR count). The molecule has 0 heterocycles. The molecule has 0 atom stereocenters. The van der Waals surface area contributed by atoms with Crippen molar-refractivity contribution in [1.82, 2.24) is 0 Å². The summed E-state index contributed by atoms with van der Waals surface area (Å²) in [6.45, 7) is 5.15. The van der Waals surface area contributed by atoms with Crippen LogP contribution in [0, 0.1) is 10.1 Å². The normalized spacial score (nSPS) is 11.1. The van der Waals surface area contributed by atoms with Crippen molar-refractivity contribution in [3.63, 3.8) is 0 Å². The topological polar surface area (TPSA) is 69.4 Å². The molecule has 1 aromatic rings. The van der Waals surface area contributed by atoms with Gasteiger partial charge in [-0.2, -0.15) is 0 Å². The van der Waals surface area contributed by atoms with Gasteiger partial charge in [-0.05, 0) is 32.9 Å². The van der Waals surface area contributed by atoms with Gasteiger partial charge < -0.3 is 4.74 Å². The molecule has 0 aliphatic heterocycles. The highest BCUT2D eigenvalue weighted by atomic mass is 35.5. The Bertz CT molecular complexity index is 465. The van der Waals surface area contributed by atoms with Crippen LogP contribution in [-0.4, -0.2) is 16.5 Å². The van der Waals surface area contributed by atoms with E-state index in [1.54, 1.807) is 20.8 Å². The van der Waals surface area contributed by atoms with Crippen LogP contribution < -0.4 is 0 Å². The van der Waals surface area contributed by atoms with E-state index in [1.807, 2.05) is 0 Å². The van der Waals surface area contributed by atoms with Crippen LogP contribution in [0.2, 0.25) is 5.02 Å². The molecule has 0 fully saturated rings. The maximum atomic E-state index is 11.7. The zero-order valence-corrected chi connectivity index (χ0v) is 10.4. The third-order valence-electron chi connectivity index (χ3n) is 1.78. The Morgan fingerprint density at radius 2 is 2.00 bits per heavy atom. The highest BCUT2D eigenvalue weighted by Crippen LogP contribution is 2.26. The van der Waals surface area contributed by atoms with E-state index in [0.29, 0.717) is 0 Å². The maximum Gasteiger partial charge on any atom is 0.338 e. The van der Waals surface area contributed by atoms with Crippen molar-refractivity contribution >= 4 is 23.3 Å². The van der Waals surface area contributed by atoms with Gasteiger partial charge in [-0.3, -0.25) is 10.1 Å².